The van der Waals surface area contributed by atoms with Gasteiger partial charge in [-0.2, -0.15) is 0 Å². The molecule has 3 aliphatic rings. The van der Waals surface area contributed by atoms with Gasteiger partial charge in [0.25, 0.3) is 0 Å². The molecule has 17 heavy (non-hydrogen) atoms. The minimum Gasteiger partial charge on any atom is -0.479 e. The monoisotopic (exact) mass is 238 g/mol. The third kappa shape index (κ3) is 2.10. The number of rotatable bonds is 3. The maximum atomic E-state index is 11.2. The predicted molar refractivity (Wildman–Crippen MR) is 63.8 cm³/mol. The van der Waals surface area contributed by atoms with E-state index in [1.807, 2.05) is 0 Å². The minimum absolute atomic E-state index is 0.0302. The first kappa shape index (κ1) is 11.5. The molecule has 0 aromatic heterocycles. The number of carbonyl (C=O) groups is 1. The average molecular weight is 238 g/mol. The van der Waals surface area contributed by atoms with Crippen LogP contribution in [0.15, 0.2) is 0 Å². The van der Waals surface area contributed by atoms with Crippen molar-refractivity contribution in [3.8, 4) is 0 Å². The molecule has 0 aromatic carbocycles. The van der Waals surface area contributed by atoms with Gasteiger partial charge in [-0.05, 0) is 37.5 Å². The third-order valence-corrected chi connectivity index (χ3v) is 5.00. The van der Waals surface area contributed by atoms with Gasteiger partial charge >= 0.3 is 5.97 Å². The summed E-state index contributed by atoms with van der Waals surface area (Å²) in [4.78, 5) is 11.2. The standard InChI is InChI=1S/C14H22O3/c15-13(16)14-9-11(6-7-12(14)17-14)8-10-4-2-1-3-5-10/h10-12H,1-9H2,(H,15,16). The molecule has 96 valence electrons. The lowest BCUT2D eigenvalue weighted by Crippen LogP contribution is -2.34. The molecule has 2 saturated carbocycles. The summed E-state index contributed by atoms with van der Waals surface area (Å²) in [7, 11) is 0. The first-order chi connectivity index (χ1) is 8.21. The normalized spacial score (nSPS) is 41.9. The highest BCUT2D eigenvalue weighted by atomic mass is 16.6. The fraction of sp³-hybridized carbons (Fsp3) is 0.929. The maximum absolute atomic E-state index is 11.2. The molecular weight excluding hydrogens is 216 g/mol. The molecule has 0 bridgehead atoms. The van der Waals surface area contributed by atoms with Crippen molar-refractivity contribution in [2.24, 2.45) is 11.8 Å². The summed E-state index contributed by atoms with van der Waals surface area (Å²) >= 11 is 0. The van der Waals surface area contributed by atoms with Gasteiger partial charge in [0, 0.05) is 0 Å². The van der Waals surface area contributed by atoms with E-state index in [2.05, 4.69) is 0 Å². The van der Waals surface area contributed by atoms with E-state index < -0.39 is 11.6 Å². The highest BCUT2D eigenvalue weighted by molar-refractivity contribution is 5.81. The fourth-order valence-corrected chi connectivity index (χ4v) is 3.98. The Balaban J connectivity index is 1.56. The quantitative estimate of drug-likeness (QED) is 0.769. The fourth-order valence-electron chi connectivity index (χ4n) is 3.98. The summed E-state index contributed by atoms with van der Waals surface area (Å²) in [6.45, 7) is 0. The Morgan fingerprint density at radius 2 is 1.88 bits per heavy atom. The van der Waals surface area contributed by atoms with Crippen molar-refractivity contribution in [1.82, 2.24) is 0 Å². The van der Waals surface area contributed by atoms with E-state index in [-0.39, 0.29) is 6.10 Å². The molecule has 0 radical (unpaired) electrons. The lowest BCUT2D eigenvalue weighted by molar-refractivity contribution is -0.144. The number of carboxylic acids is 1. The smallest absolute Gasteiger partial charge is 0.338 e. The Morgan fingerprint density at radius 3 is 2.59 bits per heavy atom. The number of hydrogen-bond donors (Lipinski definition) is 1. The van der Waals surface area contributed by atoms with Crippen LogP contribution >= 0.6 is 0 Å². The summed E-state index contributed by atoms with van der Waals surface area (Å²) in [6, 6.07) is 0. The van der Waals surface area contributed by atoms with Crippen molar-refractivity contribution in [3.05, 3.63) is 0 Å². The summed E-state index contributed by atoms with van der Waals surface area (Å²) in [5.41, 5.74) is -0.766. The van der Waals surface area contributed by atoms with Gasteiger partial charge in [-0.15, -0.1) is 0 Å². The van der Waals surface area contributed by atoms with Crippen LogP contribution in [0.3, 0.4) is 0 Å². The predicted octanol–water partition coefficient (Wildman–Crippen LogP) is 2.98. The lowest BCUT2D eigenvalue weighted by Gasteiger charge is -2.29. The van der Waals surface area contributed by atoms with Crippen molar-refractivity contribution in [1.29, 1.82) is 0 Å². The second-order valence-corrected chi connectivity index (χ2v) is 6.19. The molecule has 3 nitrogen and oxygen atoms in total. The lowest BCUT2D eigenvalue weighted by atomic mass is 9.74. The number of carboxylic acid groups (broad SMARTS) is 1. The molecule has 3 heteroatoms. The van der Waals surface area contributed by atoms with E-state index in [0.29, 0.717) is 5.92 Å². The van der Waals surface area contributed by atoms with Crippen LogP contribution in [0.25, 0.3) is 0 Å². The first-order valence-corrected chi connectivity index (χ1v) is 7.12. The third-order valence-electron chi connectivity index (χ3n) is 5.00. The SMILES string of the molecule is O=C(O)C12CC(CC3CCCCC3)CCC1O2. The van der Waals surface area contributed by atoms with Gasteiger partial charge < -0.3 is 9.84 Å². The Hall–Kier alpha value is -0.570. The summed E-state index contributed by atoms with van der Waals surface area (Å²) in [5.74, 6) is 0.721. The zero-order chi connectivity index (χ0) is 11.9. The highest BCUT2D eigenvalue weighted by Gasteiger charge is 2.65. The number of hydrogen-bond acceptors (Lipinski definition) is 2. The average Bonchev–Trinajstić information content (AvgIpc) is 3.05. The van der Waals surface area contributed by atoms with Gasteiger partial charge in [-0.1, -0.05) is 32.1 Å². The molecule has 0 spiro atoms. The van der Waals surface area contributed by atoms with Crippen LogP contribution in [0.5, 0.6) is 0 Å². The number of ether oxygens (including phenoxy) is 1. The van der Waals surface area contributed by atoms with E-state index >= 15 is 0 Å². The van der Waals surface area contributed by atoms with Crippen LogP contribution in [0.4, 0.5) is 0 Å². The second kappa shape index (κ2) is 4.27. The summed E-state index contributed by atoms with van der Waals surface area (Å²) in [6.07, 6.45) is 11.0. The highest BCUT2D eigenvalue weighted by Crippen LogP contribution is 2.51. The number of aliphatic carboxylic acids is 1. The van der Waals surface area contributed by atoms with Crippen LogP contribution in [-0.2, 0) is 9.53 Å². The van der Waals surface area contributed by atoms with Gasteiger partial charge in [0.1, 0.15) is 0 Å². The zero-order valence-corrected chi connectivity index (χ0v) is 10.4. The molecule has 3 rings (SSSR count). The van der Waals surface area contributed by atoms with Crippen LogP contribution < -0.4 is 0 Å². The molecule has 1 heterocycles. The summed E-state index contributed by atoms with van der Waals surface area (Å²) in [5, 5.41) is 9.24. The van der Waals surface area contributed by atoms with E-state index in [4.69, 9.17) is 4.74 Å². The van der Waals surface area contributed by atoms with Crippen molar-refractivity contribution in [2.75, 3.05) is 0 Å². The van der Waals surface area contributed by atoms with E-state index in [1.165, 1.54) is 44.9 Å². The molecule has 3 fully saturated rings. The van der Waals surface area contributed by atoms with Gasteiger partial charge in [0.2, 0.25) is 0 Å². The van der Waals surface area contributed by atoms with Crippen molar-refractivity contribution < 1.29 is 14.6 Å². The molecule has 1 aliphatic heterocycles. The molecule has 1 saturated heterocycles. The second-order valence-electron chi connectivity index (χ2n) is 6.19. The Bertz CT molecular complexity index is 309. The van der Waals surface area contributed by atoms with Gasteiger partial charge in [0.05, 0.1) is 6.10 Å². The van der Waals surface area contributed by atoms with E-state index in [9.17, 15) is 9.90 Å². The topological polar surface area (TPSA) is 49.8 Å². The zero-order valence-electron chi connectivity index (χ0n) is 10.4. The minimum atomic E-state index is -0.766. The van der Waals surface area contributed by atoms with Crippen LogP contribution in [0, 0.1) is 11.8 Å². The van der Waals surface area contributed by atoms with E-state index in [1.54, 1.807) is 0 Å². The maximum Gasteiger partial charge on any atom is 0.338 e. The van der Waals surface area contributed by atoms with Gasteiger partial charge in [0.15, 0.2) is 5.60 Å². The van der Waals surface area contributed by atoms with Gasteiger partial charge in [-0.25, -0.2) is 4.79 Å². The molecule has 0 aromatic rings. The van der Waals surface area contributed by atoms with Crippen molar-refractivity contribution in [2.45, 2.75) is 69.5 Å². The molecule has 1 N–H and O–H groups in total. The molecule has 3 atom stereocenters. The number of fused-ring (bicyclic) bond motifs is 1. The molecule has 2 aliphatic carbocycles. The van der Waals surface area contributed by atoms with Crippen LogP contribution in [0.2, 0.25) is 0 Å². The Kier molecular flexibility index (Phi) is 2.89. The molecule has 0 amide bonds. The van der Waals surface area contributed by atoms with Crippen molar-refractivity contribution in [3.63, 3.8) is 0 Å². The molecular formula is C14H22O3. The number of epoxide rings is 1. The largest absolute Gasteiger partial charge is 0.479 e. The van der Waals surface area contributed by atoms with Gasteiger partial charge in [-0.3, -0.25) is 0 Å². The van der Waals surface area contributed by atoms with E-state index in [0.717, 1.165) is 18.8 Å². The summed E-state index contributed by atoms with van der Waals surface area (Å²) < 4.78 is 5.45. The Labute approximate surface area is 103 Å². The van der Waals surface area contributed by atoms with Crippen LogP contribution in [-0.4, -0.2) is 22.8 Å². The van der Waals surface area contributed by atoms with Crippen molar-refractivity contribution >= 4 is 5.97 Å². The Morgan fingerprint density at radius 1 is 1.12 bits per heavy atom. The molecule has 3 unspecified atom stereocenters. The first-order valence-electron chi connectivity index (χ1n) is 7.12. The van der Waals surface area contributed by atoms with Crippen LogP contribution in [0.1, 0.15) is 57.8 Å².